The van der Waals surface area contributed by atoms with E-state index in [1.54, 1.807) is 11.8 Å². The maximum atomic E-state index is 13.2. The van der Waals surface area contributed by atoms with Gasteiger partial charge < -0.3 is 15.0 Å². The van der Waals surface area contributed by atoms with Crippen LogP contribution in [0.25, 0.3) is 10.9 Å². The van der Waals surface area contributed by atoms with Gasteiger partial charge in [-0.15, -0.1) is 0 Å². The van der Waals surface area contributed by atoms with Crippen LogP contribution < -0.4 is 5.32 Å². The Labute approximate surface area is 172 Å². The Kier molecular flexibility index (Phi) is 6.48. The van der Waals surface area contributed by atoms with Crippen LogP contribution in [0.15, 0.2) is 24.4 Å². The molecule has 1 aromatic carbocycles. The van der Waals surface area contributed by atoms with Gasteiger partial charge >= 0.3 is 12.1 Å². The van der Waals surface area contributed by atoms with E-state index in [9.17, 15) is 22.8 Å². The van der Waals surface area contributed by atoms with Gasteiger partial charge in [0.1, 0.15) is 5.56 Å². The number of anilines is 1. The van der Waals surface area contributed by atoms with Crippen molar-refractivity contribution < 1.29 is 27.5 Å². The SMILES string of the molecule is CCOC(=O)c1cnc2ccc(C(F)(F)F)cc2c1NCC(=O)N1CCCC(C)C1. The molecule has 2 aromatic rings. The van der Waals surface area contributed by atoms with Crippen LogP contribution in [0.4, 0.5) is 18.9 Å². The fourth-order valence-corrected chi connectivity index (χ4v) is 3.61. The third-order valence-electron chi connectivity index (χ3n) is 5.12. The fraction of sp³-hybridized carbons (Fsp3) is 0.476. The van der Waals surface area contributed by atoms with Gasteiger partial charge in [0, 0.05) is 24.7 Å². The summed E-state index contributed by atoms with van der Waals surface area (Å²) in [6.07, 6.45) is -1.33. The number of amides is 1. The Balaban J connectivity index is 1.96. The maximum absolute atomic E-state index is 13.2. The number of carbonyl (C=O) groups excluding carboxylic acids is 2. The lowest BCUT2D eigenvalue weighted by Crippen LogP contribution is -2.42. The molecule has 0 spiro atoms. The molecule has 1 atom stereocenters. The Bertz CT molecular complexity index is 946. The molecule has 1 fully saturated rings. The number of piperidine rings is 1. The third-order valence-corrected chi connectivity index (χ3v) is 5.12. The molecular weight excluding hydrogens is 399 g/mol. The molecule has 3 rings (SSSR count). The standard InChI is InChI=1S/C21H24F3N3O3/c1-3-30-20(29)16-10-25-17-7-6-14(21(22,23)24)9-15(17)19(16)26-11-18(28)27-8-4-5-13(2)12-27/h6-7,9-10,13H,3-5,8,11-12H2,1-2H3,(H,25,26). The number of alkyl halides is 3. The molecule has 0 aliphatic carbocycles. The molecular formula is C21H24F3N3O3. The van der Waals surface area contributed by atoms with Crippen molar-refractivity contribution >= 4 is 28.5 Å². The predicted octanol–water partition coefficient (Wildman–Crippen LogP) is 4.10. The predicted molar refractivity (Wildman–Crippen MR) is 106 cm³/mol. The fourth-order valence-electron chi connectivity index (χ4n) is 3.61. The van der Waals surface area contributed by atoms with E-state index in [-0.39, 0.29) is 41.2 Å². The van der Waals surface area contributed by atoms with E-state index < -0.39 is 17.7 Å². The number of hydrogen-bond donors (Lipinski definition) is 1. The largest absolute Gasteiger partial charge is 0.462 e. The first-order valence-electron chi connectivity index (χ1n) is 9.89. The number of halogens is 3. The maximum Gasteiger partial charge on any atom is 0.416 e. The highest BCUT2D eigenvalue weighted by Crippen LogP contribution is 2.34. The normalized spacial score (nSPS) is 17.1. The Morgan fingerprint density at radius 3 is 2.77 bits per heavy atom. The molecule has 0 bridgehead atoms. The van der Waals surface area contributed by atoms with Gasteiger partial charge in [-0.05, 0) is 43.9 Å². The van der Waals surface area contributed by atoms with E-state index in [1.807, 2.05) is 0 Å². The van der Waals surface area contributed by atoms with E-state index in [0.717, 1.165) is 25.0 Å². The van der Waals surface area contributed by atoms with Crippen molar-refractivity contribution in [3.05, 3.63) is 35.5 Å². The van der Waals surface area contributed by atoms with Crippen LogP contribution in [0.1, 0.15) is 42.6 Å². The minimum absolute atomic E-state index is 0.0107. The van der Waals surface area contributed by atoms with E-state index >= 15 is 0 Å². The number of likely N-dealkylation sites (tertiary alicyclic amines) is 1. The average molecular weight is 423 g/mol. The number of pyridine rings is 1. The Morgan fingerprint density at radius 1 is 1.33 bits per heavy atom. The molecule has 162 valence electrons. The molecule has 30 heavy (non-hydrogen) atoms. The van der Waals surface area contributed by atoms with Crippen molar-refractivity contribution in [3.8, 4) is 0 Å². The van der Waals surface area contributed by atoms with Crippen LogP contribution in [0.2, 0.25) is 0 Å². The second kappa shape index (κ2) is 8.89. The number of nitrogens with one attached hydrogen (secondary N) is 1. The highest BCUT2D eigenvalue weighted by molar-refractivity contribution is 6.05. The van der Waals surface area contributed by atoms with Crippen LogP contribution in [-0.4, -0.2) is 48.0 Å². The highest BCUT2D eigenvalue weighted by Gasteiger charge is 2.31. The summed E-state index contributed by atoms with van der Waals surface area (Å²) < 4.78 is 44.7. The molecule has 1 unspecified atom stereocenters. The van der Waals surface area contributed by atoms with Gasteiger partial charge in [-0.25, -0.2) is 4.79 Å². The van der Waals surface area contributed by atoms with Crippen molar-refractivity contribution in [2.45, 2.75) is 32.9 Å². The summed E-state index contributed by atoms with van der Waals surface area (Å²) >= 11 is 0. The van der Waals surface area contributed by atoms with Gasteiger partial charge in [-0.2, -0.15) is 13.2 Å². The summed E-state index contributed by atoms with van der Waals surface area (Å²) in [5.74, 6) is -0.493. The molecule has 1 aliphatic heterocycles. The van der Waals surface area contributed by atoms with Gasteiger partial charge in [-0.1, -0.05) is 6.92 Å². The number of carbonyl (C=O) groups is 2. The Hall–Kier alpha value is -2.84. The number of hydrogen-bond acceptors (Lipinski definition) is 5. The van der Waals surface area contributed by atoms with Gasteiger partial charge in [0.05, 0.1) is 29.9 Å². The van der Waals surface area contributed by atoms with Crippen molar-refractivity contribution in [2.75, 3.05) is 31.6 Å². The van der Waals surface area contributed by atoms with Crippen LogP contribution in [-0.2, 0) is 15.7 Å². The zero-order chi connectivity index (χ0) is 21.9. The van der Waals surface area contributed by atoms with Crippen molar-refractivity contribution in [1.82, 2.24) is 9.88 Å². The summed E-state index contributed by atoms with van der Waals surface area (Å²) in [6, 6.07) is 3.11. The van der Waals surface area contributed by atoms with Crippen LogP contribution >= 0.6 is 0 Å². The number of fused-ring (bicyclic) bond motifs is 1. The topological polar surface area (TPSA) is 71.5 Å². The van der Waals surface area contributed by atoms with E-state index in [0.29, 0.717) is 19.0 Å². The molecule has 6 nitrogen and oxygen atoms in total. The zero-order valence-electron chi connectivity index (χ0n) is 16.9. The van der Waals surface area contributed by atoms with Gasteiger partial charge in [-0.3, -0.25) is 9.78 Å². The lowest BCUT2D eigenvalue weighted by Gasteiger charge is -2.31. The summed E-state index contributed by atoms with van der Waals surface area (Å²) in [5, 5.41) is 2.99. The third kappa shape index (κ3) is 4.83. The number of aromatic nitrogens is 1. The Morgan fingerprint density at radius 2 is 2.10 bits per heavy atom. The first-order chi connectivity index (χ1) is 14.2. The minimum atomic E-state index is -4.55. The highest BCUT2D eigenvalue weighted by atomic mass is 19.4. The van der Waals surface area contributed by atoms with Crippen LogP contribution in [0.3, 0.4) is 0 Å². The molecule has 0 radical (unpaired) electrons. The first-order valence-corrected chi connectivity index (χ1v) is 9.89. The van der Waals surface area contributed by atoms with Crippen molar-refractivity contribution in [3.63, 3.8) is 0 Å². The summed E-state index contributed by atoms with van der Waals surface area (Å²) in [7, 11) is 0. The molecule has 9 heteroatoms. The van der Waals surface area contributed by atoms with Crippen LogP contribution in [0.5, 0.6) is 0 Å². The average Bonchev–Trinajstić information content (AvgIpc) is 2.70. The minimum Gasteiger partial charge on any atom is -0.462 e. The van der Waals surface area contributed by atoms with Gasteiger partial charge in [0.2, 0.25) is 5.91 Å². The number of rotatable bonds is 5. The number of benzene rings is 1. The second-order valence-electron chi connectivity index (χ2n) is 7.44. The molecule has 1 amide bonds. The van der Waals surface area contributed by atoms with Crippen LogP contribution in [0, 0.1) is 5.92 Å². The van der Waals surface area contributed by atoms with E-state index in [4.69, 9.17) is 4.74 Å². The summed E-state index contributed by atoms with van der Waals surface area (Å²) in [5.41, 5.74) is -0.485. The van der Waals surface area contributed by atoms with Gasteiger partial charge in [0.25, 0.3) is 0 Å². The summed E-state index contributed by atoms with van der Waals surface area (Å²) in [4.78, 5) is 30.8. The van der Waals surface area contributed by atoms with Crippen molar-refractivity contribution in [1.29, 1.82) is 0 Å². The molecule has 1 aliphatic rings. The monoisotopic (exact) mass is 423 g/mol. The zero-order valence-corrected chi connectivity index (χ0v) is 16.9. The number of esters is 1. The lowest BCUT2D eigenvalue weighted by molar-refractivity contribution is -0.137. The molecule has 1 N–H and O–H groups in total. The van der Waals surface area contributed by atoms with E-state index in [2.05, 4.69) is 17.2 Å². The lowest BCUT2D eigenvalue weighted by atomic mass is 10.0. The summed E-state index contributed by atoms with van der Waals surface area (Å²) in [6.45, 7) is 4.94. The van der Waals surface area contributed by atoms with Crippen molar-refractivity contribution in [2.24, 2.45) is 5.92 Å². The molecule has 0 saturated carbocycles. The second-order valence-corrected chi connectivity index (χ2v) is 7.44. The quantitative estimate of drug-likeness (QED) is 0.734. The van der Waals surface area contributed by atoms with Gasteiger partial charge in [0.15, 0.2) is 0 Å². The molecule has 2 heterocycles. The number of nitrogens with zero attached hydrogens (tertiary/aromatic N) is 2. The number of ether oxygens (including phenoxy) is 1. The van der Waals surface area contributed by atoms with E-state index in [1.165, 1.54) is 12.3 Å². The smallest absolute Gasteiger partial charge is 0.416 e. The molecule has 1 saturated heterocycles. The first kappa shape index (κ1) is 21.9. The molecule has 1 aromatic heterocycles.